The molecule has 23 heavy (non-hydrogen) atoms. The lowest BCUT2D eigenvalue weighted by atomic mass is 9.90. The summed E-state index contributed by atoms with van der Waals surface area (Å²) in [6, 6.07) is 3.05. The first kappa shape index (κ1) is 14.7. The Morgan fingerprint density at radius 2 is 2.17 bits per heavy atom. The molecular formula is C17H11NO5. The van der Waals surface area contributed by atoms with E-state index >= 15 is 0 Å². The van der Waals surface area contributed by atoms with Gasteiger partial charge in [-0.05, 0) is 19.1 Å². The highest BCUT2D eigenvalue weighted by atomic mass is 16.5. The number of terminal acetylenes is 1. The van der Waals surface area contributed by atoms with Gasteiger partial charge in [-0.3, -0.25) is 14.6 Å². The molecule has 1 aliphatic carbocycles. The van der Waals surface area contributed by atoms with E-state index in [0.29, 0.717) is 0 Å². The van der Waals surface area contributed by atoms with E-state index in [-0.39, 0.29) is 46.9 Å². The Hall–Kier alpha value is -3.20. The number of aromatic nitrogens is 1. The molecule has 0 fully saturated rings. The fourth-order valence-electron chi connectivity index (χ4n) is 2.45. The molecule has 6 heteroatoms. The number of fused-ring (bicyclic) bond motifs is 2. The van der Waals surface area contributed by atoms with Gasteiger partial charge in [-0.2, -0.15) is 0 Å². The standard InChI is InChI=1S/C17H11NO5/c1-3-4-8-22-17(21)11-9(2)23-16-12(11)15(20)13-10(14(16)19)6-5-7-18-13/h1,5-7H,4,8H2,2H3. The van der Waals surface area contributed by atoms with Crippen molar-refractivity contribution in [2.75, 3.05) is 6.61 Å². The van der Waals surface area contributed by atoms with E-state index in [9.17, 15) is 14.4 Å². The lowest BCUT2D eigenvalue weighted by Crippen LogP contribution is -2.23. The van der Waals surface area contributed by atoms with Crippen molar-refractivity contribution in [3.63, 3.8) is 0 Å². The summed E-state index contributed by atoms with van der Waals surface area (Å²) in [4.78, 5) is 41.2. The zero-order chi connectivity index (χ0) is 16.6. The van der Waals surface area contributed by atoms with Crippen molar-refractivity contribution >= 4 is 17.5 Å². The minimum atomic E-state index is -0.747. The van der Waals surface area contributed by atoms with Crippen LogP contribution in [0, 0.1) is 19.3 Å². The predicted octanol–water partition coefficient (Wildman–Crippen LogP) is 1.94. The van der Waals surface area contributed by atoms with Crippen LogP contribution in [-0.2, 0) is 4.74 Å². The molecule has 0 saturated heterocycles. The second kappa shape index (κ2) is 5.54. The Balaban J connectivity index is 2.09. The van der Waals surface area contributed by atoms with E-state index in [2.05, 4.69) is 10.9 Å². The third-order valence-electron chi connectivity index (χ3n) is 3.47. The number of hydrogen-bond donors (Lipinski definition) is 0. The first-order valence-electron chi connectivity index (χ1n) is 6.84. The Morgan fingerprint density at radius 3 is 2.91 bits per heavy atom. The largest absolute Gasteiger partial charge is 0.461 e. The number of pyridine rings is 1. The van der Waals surface area contributed by atoms with Crippen molar-refractivity contribution in [3.05, 3.63) is 52.2 Å². The van der Waals surface area contributed by atoms with Gasteiger partial charge in [0.1, 0.15) is 23.6 Å². The Kier molecular flexibility index (Phi) is 3.54. The number of furan rings is 1. The SMILES string of the molecule is C#CCCOC(=O)c1c(C)oc2c1C(=O)c1ncccc1C2=O. The summed E-state index contributed by atoms with van der Waals surface area (Å²) in [5.74, 6) is 0.578. The number of ketones is 2. The van der Waals surface area contributed by atoms with E-state index in [1.165, 1.54) is 19.2 Å². The molecule has 0 saturated carbocycles. The lowest BCUT2D eigenvalue weighted by Gasteiger charge is -2.12. The van der Waals surface area contributed by atoms with Crippen LogP contribution < -0.4 is 0 Å². The number of ether oxygens (including phenoxy) is 1. The van der Waals surface area contributed by atoms with Crippen molar-refractivity contribution < 1.29 is 23.5 Å². The van der Waals surface area contributed by atoms with Gasteiger partial charge >= 0.3 is 5.97 Å². The monoisotopic (exact) mass is 309 g/mol. The molecule has 114 valence electrons. The molecule has 2 heterocycles. The van der Waals surface area contributed by atoms with Gasteiger partial charge < -0.3 is 9.15 Å². The lowest BCUT2D eigenvalue weighted by molar-refractivity contribution is 0.0509. The van der Waals surface area contributed by atoms with Gasteiger partial charge in [0.25, 0.3) is 0 Å². The second-order valence-electron chi connectivity index (χ2n) is 4.89. The van der Waals surface area contributed by atoms with E-state index in [4.69, 9.17) is 15.6 Å². The Morgan fingerprint density at radius 1 is 1.39 bits per heavy atom. The molecule has 0 aromatic carbocycles. The molecule has 2 aromatic heterocycles. The van der Waals surface area contributed by atoms with Crippen LogP contribution in [0.5, 0.6) is 0 Å². The van der Waals surface area contributed by atoms with Crippen LogP contribution in [0.4, 0.5) is 0 Å². The molecule has 2 aromatic rings. The molecule has 0 amide bonds. The van der Waals surface area contributed by atoms with Crippen molar-refractivity contribution in [1.29, 1.82) is 0 Å². The van der Waals surface area contributed by atoms with Gasteiger partial charge in [0.05, 0.1) is 11.1 Å². The fraction of sp³-hybridized carbons (Fsp3) is 0.176. The number of esters is 1. The zero-order valence-corrected chi connectivity index (χ0v) is 12.2. The minimum absolute atomic E-state index is 0.00322. The van der Waals surface area contributed by atoms with Gasteiger partial charge in [0, 0.05) is 12.6 Å². The number of carbonyl (C=O) groups is 3. The highest BCUT2D eigenvalue weighted by molar-refractivity contribution is 6.29. The maximum absolute atomic E-state index is 12.6. The average Bonchev–Trinajstić information content (AvgIpc) is 2.90. The summed E-state index contributed by atoms with van der Waals surface area (Å²) in [7, 11) is 0. The van der Waals surface area contributed by atoms with Crippen LogP contribution >= 0.6 is 0 Å². The summed E-state index contributed by atoms with van der Waals surface area (Å²) < 4.78 is 10.4. The van der Waals surface area contributed by atoms with Crippen molar-refractivity contribution in [2.45, 2.75) is 13.3 Å². The zero-order valence-electron chi connectivity index (χ0n) is 12.2. The summed E-state index contributed by atoms with van der Waals surface area (Å²) in [5, 5.41) is 0. The number of nitrogens with zero attached hydrogens (tertiary/aromatic N) is 1. The van der Waals surface area contributed by atoms with Gasteiger partial charge in [0.2, 0.25) is 11.6 Å². The summed E-state index contributed by atoms with van der Waals surface area (Å²) >= 11 is 0. The number of rotatable bonds is 3. The molecule has 1 aliphatic rings. The first-order valence-corrected chi connectivity index (χ1v) is 6.84. The highest BCUT2D eigenvalue weighted by Crippen LogP contribution is 2.32. The second-order valence-corrected chi connectivity index (χ2v) is 4.89. The van der Waals surface area contributed by atoms with Crippen LogP contribution in [0.2, 0.25) is 0 Å². The van der Waals surface area contributed by atoms with E-state index in [1.54, 1.807) is 6.07 Å². The molecule has 0 spiro atoms. The van der Waals surface area contributed by atoms with Crippen molar-refractivity contribution in [2.24, 2.45) is 0 Å². The molecule has 0 N–H and O–H groups in total. The summed E-state index contributed by atoms with van der Waals surface area (Å²) in [6.45, 7) is 1.51. The first-order chi connectivity index (χ1) is 11.1. The summed E-state index contributed by atoms with van der Waals surface area (Å²) in [5.41, 5.74) is 0.0190. The minimum Gasteiger partial charge on any atom is -0.461 e. The third-order valence-corrected chi connectivity index (χ3v) is 3.47. The van der Waals surface area contributed by atoms with E-state index < -0.39 is 17.5 Å². The number of carbonyl (C=O) groups excluding carboxylic acids is 3. The Labute approximate surface area is 131 Å². The quantitative estimate of drug-likeness (QED) is 0.417. The molecule has 0 radical (unpaired) electrons. The molecule has 3 rings (SSSR count). The number of aryl methyl sites for hydroxylation is 1. The van der Waals surface area contributed by atoms with Crippen LogP contribution in [0.3, 0.4) is 0 Å². The maximum Gasteiger partial charge on any atom is 0.342 e. The topological polar surface area (TPSA) is 86.5 Å². The number of hydrogen-bond acceptors (Lipinski definition) is 6. The van der Waals surface area contributed by atoms with E-state index in [1.807, 2.05) is 0 Å². The highest BCUT2D eigenvalue weighted by Gasteiger charge is 2.39. The molecule has 0 bridgehead atoms. The molecule has 0 atom stereocenters. The third kappa shape index (κ3) is 2.23. The van der Waals surface area contributed by atoms with Crippen LogP contribution in [0.1, 0.15) is 54.7 Å². The molecular weight excluding hydrogens is 298 g/mol. The van der Waals surface area contributed by atoms with E-state index in [0.717, 1.165) is 0 Å². The van der Waals surface area contributed by atoms with Crippen LogP contribution in [0.25, 0.3) is 0 Å². The fourth-order valence-corrected chi connectivity index (χ4v) is 2.45. The van der Waals surface area contributed by atoms with Gasteiger partial charge in [-0.25, -0.2) is 4.79 Å². The molecule has 6 nitrogen and oxygen atoms in total. The van der Waals surface area contributed by atoms with Gasteiger partial charge in [0.15, 0.2) is 5.76 Å². The maximum atomic E-state index is 12.6. The van der Waals surface area contributed by atoms with Crippen molar-refractivity contribution in [1.82, 2.24) is 4.98 Å². The van der Waals surface area contributed by atoms with Crippen LogP contribution in [-0.4, -0.2) is 29.1 Å². The average molecular weight is 309 g/mol. The molecule has 0 aliphatic heterocycles. The van der Waals surface area contributed by atoms with Crippen molar-refractivity contribution in [3.8, 4) is 12.3 Å². The normalized spacial score (nSPS) is 12.3. The summed E-state index contributed by atoms with van der Waals surface area (Å²) in [6.07, 6.45) is 6.76. The predicted molar refractivity (Wildman–Crippen MR) is 78.3 cm³/mol. The van der Waals surface area contributed by atoms with Gasteiger partial charge in [-0.15, -0.1) is 12.3 Å². The molecule has 0 unspecified atom stereocenters. The van der Waals surface area contributed by atoms with Crippen LogP contribution in [0.15, 0.2) is 22.7 Å². The Bertz CT molecular complexity index is 885. The van der Waals surface area contributed by atoms with Gasteiger partial charge in [-0.1, -0.05) is 0 Å². The smallest absolute Gasteiger partial charge is 0.342 e.